The first kappa shape index (κ1) is 19.8. The molecule has 0 saturated heterocycles. The van der Waals surface area contributed by atoms with Crippen LogP contribution in [-0.4, -0.2) is 26.3 Å². The van der Waals surface area contributed by atoms with E-state index in [2.05, 4.69) is 15.2 Å². The van der Waals surface area contributed by atoms with Crippen LogP contribution in [0.4, 0.5) is 23.2 Å². The lowest BCUT2D eigenvalue weighted by Crippen LogP contribution is -2.35. The van der Waals surface area contributed by atoms with Crippen LogP contribution in [0.25, 0.3) is 0 Å². The van der Waals surface area contributed by atoms with Gasteiger partial charge in [0.15, 0.2) is 0 Å². The van der Waals surface area contributed by atoms with Gasteiger partial charge in [-0.2, -0.15) is 18.3 Å². The van der Waals surface area contributed by atoms with Crippen LogP contribution in [0, 0.1) is 5.82 Å². The summed E-state index contributed by atoms with van der Waals surface area (Å²) < 4.78 is 54.9. The number of halogens is 5. The zero-order chi connectivity index (χ0) is 20.8. The molecular formula is C17H12ClF4N5OS. The Bertz CT molecular complexity index is 1130. The first-order chi connectivity index (χ1) is 13.7. The predicted octanol–water partition coefficient (Wildman–Crippen LogP) is 3.95. The number of hydrogen-bond acceptors (Lipinski definition) is 5. The van der Waals surface area contributed by atoms with Crippen LogP contribution in [0.3, 0.4) is 0 Å². The standard InChI is InChI=1S/C17H12ClF4N5OS/c18-15-11(6-24-25-16(15)28)26-3-4-27-13(8-26)23-7-14(27)29-12-2-1-9(19)5-10(12)17(20,21)22/h1-2,5-7H,3-4,8H2,(H,25,28). The molecule has 1 aromatic carbocycles. The fraction of sp³-hybridized carbons (Fsp3) is 0.235. The number of nitrogens with zero attached hydrogens (tertiary/aromatic N) is 4. The molecule has 3 heterocycles. The third-order valence-corrected chi connectivity index (χ3v) is 5.88. The van der Waals surface area contributed by atoms with Crippen LogP contribution in [0.2, 0.25) is 5.02 Å². The second kappa shape index (κ2) is 7.38. The minimum atomic E-state index is -4.67. The molecule has 0 saturated carbocycles. The molecule has 1 aliphatic heterocycles. The number of fused-ring (bicyclic) bond motifs is 1. The second-order valence-electron chi connectivity index (χ2n) is 6.22. The highest BCUT2D eigenvalue weighted by Crippen LogP contribution is 2.40. The van der Waals surface area contributed by atoms with Crippen LogP contribution in [0.15, 0.2) is 45.3 Å². The Kier molecular flexibility index (Phi) is 5.03. The molecule has 152 valence electrons. The van der Waals surface area contributed by atoms with Crippen molar-refractivity contribution < 1.29 is 17.6 Å². The summed E-state index contributed by atoms with van der Waals surface area (Å²) in [4.78, 5) is 17.7. The maximum Gasteiger partial charge on any atom is 0.417 e. The van der Waals surface area contributed by atoms with E-state index in [0.29, 0.717) is 42.2 Å². The smallest absolute Gasteiger partial charge is 0.360 e. The Morgan fingerprint density at radius 3 is 2.76 bits per heavy atom. The van der Waals surface area contributed by atoms with E-state index < -0.39 is 23.1 Å². The van der Waals surface area contributed by atoms with Gasteiger partial charge in [0.2, 0.25) is 0 Å². The fourth-order valence-electron chi connectivity index (χ4n) is 3.04. The largest absolute Gasteiger partial charge is 0.417 e. The number of aromatic nitrogens is 4. The number of aromatic amines is 1. The van der Waals surface area contributed by atoms with Gasteiger partial charge in [-0.15, -0.1) is 0 Å². The zero-order valence-corrected chi connectivity index (χ0v) is 16.1. The van der Waals surface area contributed by atoms with Gasteiger partial charge in [0.25, 0.3) is 5.56 Å². The minimum Gasteiger partial charge on any atom is -0.360 e. The molecule has 12 heteroatoms. The Morgan fingerprint density at radius 1 is 1.21 bits per heavy atom. The van der Waals surface area contributed by atoms with E-state index in [1.54, 1.807) is 4.57 Å². The summed E-state index contributed by atoms with van der Waals surface area (Å²) >= 11 is 6.92. The molecule has 6 nitrogen and oxygen atoms in total. The molecule has 0 radical (unpaired) electrons. The van der Waals surface area contributed by atoms with Crippen LogP contribution < -0.4 is 10.5 Å². The number of H-pyrrole nitrogens is 1. The van der Waals surface area contributed by atoms with Crippen molar-refractivity contribution in [3.8, 4) is 0 Å². The van der Waals surface area contributed by atoms with Gasteiger partial charge in [-0.05, 0) is 18.2 Å². The van der Waals surface area contributed by atoms with E-state index in [-0.39, 0.29) is 9.92 Å². The molecule has 0 amide bonds. The summed E-state index contributed by atoms with van der Waals surface area (Å²) in [6.07, 6.45) is -1.76. The lowest BCUT2D eigenvalue weighted by molar-refractivity contribution is -0.139. The van der Waals surface area contributed by atoms with Gasteiger partial charge >= 0.3 is 6.18 Å². The van der Waals surface area contributed by atoms with Crippen molar-refractivity contribution in [2.24, 2.45) is 0 Å². The third-order valence-electron chi connectivity index (χ3n) is 4.41. The lowest BCUT2D eigenvalue weighted by Gasteiger charge is -2.30. The normalized spacial score (nSPS) is 14.2. The topological polar surface area (TPSA) is 66.8 Å². The highest BCUT2D eigenvalue weighted by Gasteiger charge is 2.34. The number of nitrogens with one attached hydrogen (secondary N) is 1. The highest BCUT2D eigenvalue weighted by molar-refractivity contribution is 7.99. The molecule has 2 aromatic heterocycles. The Hall–Kier alpha value is -2.53. The van der Waals surface area contributed by atoms with Crippen molar-refractivity contribution in [1.29, 1.82) is 0 Å². The van der Waals surface area contributed by atoms with Gasteiger partial charge in [-0.1, -0.05) is 23.4 Å². The summed E-state index contributed by atoms with van der Waals surface area (Å²) in [5, 5.41) is 6.51. The maximum atomic E-state index is 13.3. The van der Waals surface area contributed by atoms with Crippen LogP contribution in [-0.2, 0) is 19.3 Å². The zero-order valence-electron chi connectivity index (χ0n) is 14.5. The maximum absolute atomic E-state index is 13.3. The minimum absolute atomic E-state index is 0.00994. The van der Waals surface area contributed by atoms with Gasteiger partial charge in [0.1, 0.15) is 16.7 Å². The number of imidazole rings is 1. The molecule has 0 unspecified atom stereocenters. The number of alkyl halides is 3. The molecule has 0 spiro atoms. The molecule has 0 fully saturated rings. The lowest BCUT2D eigenvalue weighted by atomic mass is 10.2. The van der Waals surface area contributed by atoms with Crippen LogP contribution >= 0.6 is 23.4 Å². The van der Waals surface area contributed by atoms with E-state index in [1.807, 2.05) is 4.90 Å². The van der Waals surface area contributed by atoms with E-state index in [4.69, 9.17) is 11.6 Å². The quantitative estimate of drug-likeness (QED) is 0.618. The fourth-order valence-corrected chi connectivity index (χ4v) is 4.31. The summed E-state index contributed by atoms with van der Waals surface area (Å²) in [7, 11) is 0. The molecule has 1 N–H and O–H groups in total. The highest BCUT2D eigenvalue weighted by atomic mass is 35.5. The van der Waals surface area contributed by atoms with Gasteiger partial charge in [-0.3, -0.25) is 4.79 Å². The average Bonchev–Trinajstić information content (AvgIpc) is 3.06. The van der Waals surface area contributed by atoms with E-state index in [0.717, 1.165) is 23.9 Å². The van der Waals surface area contributed by atoms with Crippen molar-refractivity contribution in [1.82, 2.24) is 19.7 Å². The Morgan fingerprint density at radius 2 is 2.00 bits per heavy atom. The number of benzene rings is 1. The van der Waals surface area contributed by atoms with Crippen molar-refractivity contribution in [2.45, 2.75) is 29.2 Å². The molecular weight excluding hydrogens is 434 g/mol. The number of anilines is 1. The summed E-state index contributed by atoms with van der Waals surface area (Å²) in [5.41, 5.74) is -1.08. The van der Waals surface area contributed by atoms with Crippen molar-refractivity contribution in [2.75, 3.05) is 11.4 Å². The number of hydrogen-bond donors (Lipinski definition) is 1. The molecule has 0 bridgehead atoms. The van der Waals surface area contributed by atoms with Crippen LogP contribution in [0.5, 0.6) is 0 Å². The van der Waals surface area contributed by atoms with Gasteiger partial charge in [-0.25, -0.2) is 14.5 Å². The SMILES string of the molecule is O=c1[nH]ncc(N2CCn3c(Sc4ccc(F)cc4C(F)(F)F)cnc3C2)c1Cl. The van der Waals surface area contributed by atoms with Crippen molar-refractivity contribution in [3.63, 3.8) is 0 Å². The van der Waals surface area contributed by atoms with E-state index in [1.165, 1.54) is 12.4 Å². The summed E-state index contributed by atoms with van der Waals surface area (Å²) in [6.45, 7) is 1.18. The average molecular weight is 446 g/mol. The van der Waals surface area contributed by atoms with E-state index in [9.17, 15) is 22.4 Å². The van der Waals surface area contributed by atoms with Crippen molar-refractivity contribution in [3.05, 3.63) is 63.2 Å². The molecule has 0 aliphatic carbocycles. The first-order valence-corrected chi connectivity index (χ1v) is 9.50. The molecule has 29 heavy (non-hydrogen) atoms. The van der Waals surface area contributed by atoms with Gasteiger partial charge < -0.3 is 9.47 Å². The van der Waals surface area contributed by atoms with Gasteiger partial charge in [0.05, 0.1) is 35.2 Å². The van der Waals surface area contributed by atoms with Gasteiger partial charge in [0, 0.05) is 18.0 Å². The monoisotopic (exact) mass is 445 g/mol. The molecule has 4 rings (SSSR count). The first-order valence-electron chi connectivity index (χ1n) is 8.31. The number of rotatable bonds is 3. The summed E-state index contributed by atoms with van der Waals surface area (Å²) in [5.74, 6) is -0.346. The molecule has 0 atom stereocenters. The predicted molar refractivity (Wildman–Crippen MR) is 98.7 cm³/mol. The van der Waals surface area contributed by atoms with Crippen LogP contribution in [0.1, 0.15) is 11.4 Å². The Balaban J connectivity index is 1.62. The summed E-state index contributed by atoms with van der Waals surface area (Å²) in [6, 6.07) is 2.59. The van der Waals surface area contributed by atoms with E-state index >= 15 is 0 Å². The third kappa shape index (κ3) is 3.84. The van der Waals surface area contributed by atoms with Crippen molar-refractivity contribution >= 4 is 29.1 Å². The Labute approximate surface area is 170 Å². The second-order valence-corrected chi connectivity index (χ2v) is 7.66. The molecule has 3 aromatic rings. The molecule has 1 aliphatic rings.